The molecule has 0 bridgehead atoms. The second kappa shape index (κ2) is 7.85. The lowest BCUT2D eigenvalue weighted by Gasteiger charge is -2.18. The monoisotopic (exact) mass is 265 g/mol. The number of hydrogen-bond acceptors (Lipinski definition) is 4. The Kier molecular flexibility index (Phi) is 6.40. The maximum absolute atomic E-state index is 11.7. The van der Waals surface area contributed by atoms with Crippen molar-refractivity contribution in [2.24, 2.45) is 0 Å². The van der Waals surface area contributed by atoms with Gasteiger partial charge in [0, 0.05) is 42.9 Å². The highest BCUT2D eigenvalue weighted by Crippen LogP contribution is 2.13. The number of nitrogens with zero attached hydrogens (tertiary/aromatic N) is 2. The fourth-order valence-electron chi connectivity index (χ4n) is 1.67. The van der Waals surface area contributed by atoms with Crippen LogP contribution in [-0.4, -0.2) is 30.4 Å². The third kappa shape index (κ3) is 4.47. The quantitative estimate of drug-likeness (QED) is 0.767. The van der Waals surface area contributed by atoms with Gasteiger partial charge in [0.15, 0.2) is 0 Å². The van der Waals surface area contributed by atoms with E-state index >= 15 is 0 Å². The van der Waals surface area contributed by atoms with Crippen molar-refractivity contribution in [2.45, 2.75) is 26.8 Å². The van der Waals surface area contributed by atoms with Gasteiger partial charge in [-0.3, -0.25) is 4.79 Å². The minimum absolute atomic E-state index is 0.191. The molecule has 1 amide bonds. The molecule has 1 heterocycles. The van der Waals surface area contributed by atoms with E-state index in [1.54, 1.807) is 11.3 Å². The van der Waals surface area contributed by atoms with Gasteiger partial charge in [-0.1, -0.05) is 0 Å². The van der Waals surface area contributed by atoms with Crippen LogP contribution in [0.5, 0.6) is 0 Å². The van der Waals surface area contributed by atoms with E-state index in [2.05, 4.69) is 11.4 Å². The Labute approximate surface area is 112 Å². The molecule has 98 valence electrons. The fraction of sp³-hybridized carbons (Fsp3) is 0.538. The molecule has 0 aliphatic carbocycles. The van der Waals surface area contributed by atoms with E-state index in [-0.39, 0.29) is 5.91 Å². The SMILES string of the molecule is CCN(CC)C(=O)CCNCc1cc(C#N)cs1. The number of carbonyl (C=O) groups is 1. The van der Waals surface area contributed by atoms with Crippen molar-refractivity contribution >= 4 is 17.2 Å². The molecular formula is C13H19N3OS. The molecule has 1 aromatic rings. The molecule has 0 atom stereocenters. The van der Waals surface area contributed by atoms with E-state index in [0.29, 0.717) is 18.5 Å². The summed E-state index contributed by atoms with van der Waals surface area (Å²) in [7, 11) is 0. The normalized spacial score (nSPS) is 10.1. The summed E-state index contributed by atoms with van der Waals surface area (Å²) < 4.78 is 0. The minimum Gasteiger partial charge on any atom is -0.343 e. The summed E-state index contributed by atoms with van der Waals surface area (Å²) in [4.78, 5) is 14.7. The standard InChI is InChI=1S/C13H19N3OS/c1-3-16(4-2)13(17)5-6-15-9-12-7-11(8-14)10-18-12/h7,10,15H,3-6,9H2,1-2H3. The molecule has 18 heavy (non-hydrogen) atoms. The molecule has 0 fully saturated rings. The van der Waals surface area contributed by atoms with Gasteiger partial charge in [-0.15, -0.1) is 11.3 Å². The second-order valence-corrected chi connectivity index (χ2v) is 4.90. The predicted molar refractivity (Wildman–Crippen MR) is 73.3 cm³/mol. The Morgan fingerprint density at radius 1 is 1.50 bits per heavy atom. The number of nitriles is 1. The lowest BCUT2D eigenvalue weighted by Crippen LogP contribution is -2.32. The van der Waals surface area contributed by atoms with Crippen LogP contribution < -0.4 is 5.32 Å². The zero-order valence-electron chi connectivity index (χ0n) is 10.9. The Hall–Kier alpha value is -1.38. The number of thiophene rings is 1. The Morgan fingerprint density at radius 2 is 2.22 bits per heavy atom. The van der Waals surface area contributed by atoms with Gasteiger partial charge in [-0.25, -0.2) is 0 Å². The van der Waals surface area contributed by atoms with Crippen LogP contribution in [0.25, 0.3) is 0 Å². The fourth-order valence-corrected chi connectivity index (χ4v) is 2.45. The summed E-state index contributed by atoms with van der Waals surface area (Å²) in [5.74, 6) is 0.191. The van der Waals surface area contributed by atoms with Gasteiger partial charge in [0.1, 0.15) is 6.07 Å². The van der Waals surface area contributed by atoms with E-state index in [9.17, 15) is 4.79 Å². The molecular weight excluding hydrogens is 246 g/mol. The van der Waals surface area contributed by atoms with Crippen molar-refractivity contribution in [3.05, 3.63) is 21.9 Å². The van der Waals surface area contributed by atoms with Crippen LogP contribution in [0.2, 0.25) is 0 Å². The smallest absolute Gasteiger partial charge is 0.223 e. The van der Waals surface area contributed by atoms with Gasteiger partial charge in [-0.05, 0) is 19.9 Å². The van der Waals surface area contributed by atoms with Crippen molar-refractivity contribution in [2.75, 3.05) is 19.6 Å². The van der Waals surface area contributed by atoms with E-state index in [0.717, 1.165) is 24.5 Å². The van der Waals surface area contributed by atoms with Crippen LogP contribution in [-0.2, 0) is 11.3 Å². The second-order valence-electron chi connectivity index (χ2n) is 3.91. The minimum atomic E-state index is 0.191. The Morgan fingerprint density at radius 3 is 2.78 bits per heavy atom. The van der Waals surface area contributed by atoms with E-state index in [4.69, 9.17) is 5.26 Å². The first-order valence-electron chi connectivity index (χ1n) is 6.17. The highest BCUT2D eigenvalue weighted by Gasteiger charge is 2.08. The molecule has 4 nitrogen and oxygen atoms in total. The van der Waals surface area contributed by atoms with Gasteiger partial charge >= 0.3 is 0 Å². The van der Waals surface area contributed by atoms with Gasteiger partial charge in [0.05, 0.1) is 5.56 Å². The molecule has 0 aliphatic heterocycles. The molecule has 0 saturated carbocycles. The predicted octanol–water partition coefficient (Wildman–Crippen LogP) is 1.97. The first-order chi connectivity index (χ1) is 8.71. The number of hydrogen-bond donors (Lipinski definition) is 1. The van der Waals surface area contributed by atoms with Gasteiger partial charge in [0.25, 0.3) is 0 Å². The van der Waals surface area contributed by atoms with Crippen LogP contribution in [0.1, 0.15) is 30.7 Å². The number of carbonyl (C=O) groups excluding carboxylic acids is 1. The summed E-state index contributed by atoms with van der Waals surface area (Å²) in [6.07, 6.45) is 0.526. The van der Waals surface area contributed by atoms with E-state index in [1.165, 1.54) is 0 Å². The van der Waals surface area contributed by atoms with Crippen LogP contribution >= 0.6 is 11.3 Å². The summed E-state index contributed by atoms with van der Waals surface area (Å²) in [6.45, 7) is 6.92. The molecule has 0 radical (unpaired) electrons. The molecule has 0 aromatic carbocycles. The average Bonchev–Trinajstić information content (AvgIpc) is 2.84. The van der Waals surface area contributed by atoms with E-state index in [1.807, 2.05) is 30.2 Å². The zero-order valence-corrected chi connectivity index (χ0v) is 11.7. The molecule has 1 N–H and O–H groups in total. The third-order valence-corrected chi connectivity index (χ3v) is 3.65. The Balaban J connectivity index is 2.22. The molecule has 0 spiro atoms. The topological polar surface area (TPSA) is 56.1 Å². The van der Waals surface area contributed by atoms with Gasteiger partial charge in [-0.2, -0.15) is 5.26 Å². The van der Waals surface area contributed by atoms with Crippen LogP contribution in [0.4, 0.5) is 0 Å². The number of nitrogens with one attached hydrogen (secondary N) is 1. The summed E-state index contributed by atoms with van der Waals surface area (Å²) in [5.41, 5.74) is 0.705. The van der Waals surface area contributed by atoms with Crippen LogP contribution in [0, 0.1) is 11.3 Å². The third-order valence-electron chi connectivity index (χ3n) is 2.71. The lowest BCUT2D eigenvalue weighted by molar-refractivity contribution is -0.130. The lowest BCUT2D eigenvalue weighted by atomic mass is 10.3. The molecule has 0 unspecified atom stereocenters. The first kappa shape index (κ1) is 14.7. The molecule has 1 rings (SSSR count). The van der Waals surface area contributed by atoms with Crippen molar-refractivity contribution in [3.8, 4) is 6.07 Å². The summed E-state index contributed by atoms with van der Waals surface area (Å²) in [5, 5.41) is 13.8. The van der Waals surface area contributed by atoms with Crippen molar-refractivity contribution < 1.29 is 4.79 Å². The molecule has 0 aliphatic rings. The maximum atomic E-state index is 11.7. The average molecular weight is 265 g/mol. The Bertz CT molecular complexity index is 418. The highest BCUT2D eigenvalue weighted by molar-refractivity contribution is 7.10. The molecule has 0 saturated heterocycles. The van der Waals surface area contributed by atoms with Gasteiger partial charge < -0.3 is 10.2 Å². The summed E-state index contributed by atoms with van der Waals surface area (Å²) in [6, 6.07) is 3.99. The van der Waals surface area contributed by atoms with Crippen molar-refractivity contribution in [3.63, 3.8) is 0 Å². The summed E-state index contributed by atoms with van der Waals surface area (Å²) >= 11 is 1.57. The van der Waals surface area contributed by atoms with Gasteiger partial charge in [0.2, 0.25) is 5.91 Å². The molecule has 1 aromatic heterocycles. The molecule has 5 heteroatoms. The van der Waals surface area contributed by atoms with Crippen molar-refractivity contribution in [1.82, 2.24) is 10.2 Å². The first-order valence-corrected chi connectivity index (χ1v) is 7.05. The van der Waals surface area contributed by atoms with Crippen LogP contribution in [0.3, 0.4) is 0 Å². The van der Waals surface area contributed by atoms with Crippen molar-refractivity contribution in [1.29, 1.82) is 5.26 Å². The highest BCUT2D eigenvalue weighted by atomic mass is 32.1. The number of rotatable bonds is 7. The van der Waals surface area contributed by atoms with E-state index < -0.39 is 0 Å². The zero-order chi connectivity index (χ0) is 13.4. The van der Waals surface area contributed by atoms with Crippen LogP contribution in [0.15, 0.2) is 11.4 Å². The largest absolute Gasteiger partial charge is 0.343 e. The maximum Gasteiger partial charge on any atom is 0.223 e. The number of amides is 1.